The zero-order valence-corrected chi connectivity index (χ0v) is 12.3. The first-order valence-corrected chi connectivity index (χ1v) is 6.72. The largest absolute Gasteiger partial charge is 0.351 e. The third-order valence-corrected chi connectivity index (χ3v) is 3.03. The van der Waals surface area contributed by atoms with Gasteiger partial charge in [0.05, 0.1) is 11.1 Å². The molecule has 114 valence electrons. The van der Waals surface area contributed by atoms with Gasteiger partial charge in [0, 0.05) is 41.7 Å². The van der Waals surface area contributed by atoms with Crippen LogP contribution in [0.3, 0.4) is 0 Å². The van der Waals surface area contributed by atoms with E-state index in [1.165, 1.54) is 30.5 Å². The van der Waals surface area contributed by atoms with Crippen LogP contribution in [0.5, 0.6) is 0 Å². The maximum absolute atomic E-state index is 11.9. The number of nitro benzene ring substituents is 1. The van der Waals surface area contributed by atoms with Gasteiger partial charge in [0.1, 0.15) is 0 Å². The third-order valence-electron chi connectivity index (χ3n) is 3.03. The van der Waals surface area contributed by atoms with Crippen LogP contribution in [0.15, 0.2) is 47.8 Å². The number of hydrazone groups is 1. The van der Waals surface area contributed by atoms with Gasteiger partial charge in [0.25, 0.3) is 11.6 Å². The van der Waals surface area contributed by atoms with E-state index in [0.29, 0.717) is 6.04 Å². The van der Waals surface area contributed by atoms with Gasteiger partial charge in [-0.1, -0.05) is 6.07 Å². The van der Waals surface area contributed by atoms with Crippen molar-refractivity contribution in [2.24, 2.45) is 5.10 Å². The quantitative estimate of drug-likeness (QED) is 0.523. The molecule has 1 aromatic carbocycles. The smallest absolute Gasteiger partial charge is 0.271 e. The lowest BCUT2D eigenvalue weighted by atomic mass is 10.2. The molecule has 0 spiro atoms. The molecule has 0 aliphatic carbocycles. The van der Waals surface area contributed by atoms with Gasteiger partial charge in [-0.3, -0.25) is 14.9 Å². The van der Waals surface area contributed by atoms with E-state index in [1.807, 2.05) is 23.0 Å². The maximum atomic E-state index is 11.9. The lowest BCUT2D eigenvalue weighted by Crippen LogP contribution is -2.17. The molecule has 2 aromatic rings. The predicted octanol–water partition coefficient (Wildman–Crippen LogP) is 2.74. The fraction of sp³-hybridized carbons (Fsp3) is 0.200. The Hall–Kier alpha value is -2.96. The Morgan fingerprint density at radius 3 is 2.82 bits per heavy atom. The highest BCUT2D eigenvalue weighted by molar-refractivity contribution is 5.95. The summed E-state index contributed by atoms with van der Waals surface area (Å²) in [5, 5.41) is 14.5. The van der Waals surface area contributed by atoms with Crippen LogP contribution in [0.25, 0.3) is 0 Å². The van der Waals surface area contributed by atoms with Crippen LogP contribution in [0.1, 0.15) is 35.8 Å². The SMILES string of the molecule is CC(C)n1ccc(/C=N\NC(=O)c2cccc([N+](=O)[O-])c2)c1. The Balaban J connectivity index is 2.01. The monoisotopic (exact) mass is 300 g/mol. The molecule has 1 N–H and O–H groups in total. The van der Waals surface area contributed by atoms with Crippen molar-refractivity contribution in [2.75, 3.05) is 0 Å². The molecule has 1 aromatic heterocycles. The van der Waals surface area contributed by atoms with E-state index in [9.17, 15) is 14.9 Å². The number of amides is 1. The number of rotatable bonds is 5. The number of aromatic nitrogens is 1. The molecule has 1 heterocycles. The van der Waals surface area contributed by atoms with Gasteiger partial charge in [0.2, 0.25) is 0 Å². The van der Waals surface area contributed by atoms with E-state index in [1.54, 1.807) is 0 Å². The van der Waals surface area contributed by atoms with E-state index in [4.69, 9.17) is 0 Å². The van der Waals surface area contributed by atoms with E-state index in [0.717, 1.165) is 5.56 Å². The van der Waals surface area contributed by atoms with Gasteiger partial charge in [0.15, 0.2) is 0 Å². The van der Waals surface area contributed by atoms with Crippen LogP contribution >= 0.6 is 0 Å². The van der Waals surface area contributed by atoms with Crippen molar-refractivity contribution in [2.45, 2.75) is 19.9 Å². The summed E-state index contributed by atoms with van der Waals surface area (Å²) < 4.78 is 2.02. The maximum Gasteiger partial charge on any atom is 0.271 e. The Labute approximate surface area is 127 Å². The summed E-state index contributed by atoms with van der Waals surface area (Å²) in [7, 11) is 0. The van der Waals surface area contributed by atoms with Crippen molar-refractivity contribution in [3.05, 3.63) is 64.0 Å². The number of non-ortho nitro benzene ring substituents is 1. The van der Waals surface area contributed by atoms with Crippen molar-refractivity contribution >= 4 is 17.8 Å². The summed E-state index contributed by atoms with van der Waals surface area (Å²) in [6, 6.07) is 7.71. The van der Waals surface area contributed by atoms with Crippen LogP contribution in [0.4, 0.5) is 5.69 Å². The number of hydrogen-bond donors (Lipinski definition) is 1. The molecule has 0 radical (unpaired) electrons. The zero-order chi connectivity index (χ0) is 16.1. The second-order valence-corrected chi connectivity index (χ2v) is 4.99. The average molecular weight is 300 g/mol. The first-order chi connectivity index (χ1) is 10.5. The van der Waals surface area contributed by atoms with Gasteiger partial charge in [-0.25, -0.2) is 5.43 Å². The molecule has 22 heavy (non-hydrogen) atoms. The van der Waals surface area contributed by atoms with E-state index in [2.05, 4.69) is 24.4 Å². The Morgan fingerprint density at radius 1 is 1.41 bits per heavy atom. The normalized spacial score (nSPS) is 11.0. The number of nitrogens with one attached hydrogen (secondary N) is 1. The highest BCUT2D eigenvalue weighted by Crippen LogP contribution is 2.12. The molecule has 0 bridgehead atoms. The summed E-state index contributed by atoms with van der Waals surface area (Å²) >= 11 is 0. The van der Waals surface area contributed by atoms with Crippen molar-refractivity contribution in [3.63, 3.8) is 0 Å². The van der Waals surface area contributed by atoms with Crippen molar-refractivity contribution < 1.29 is 9.72 Å². The second kappa shape index (κ2) is 6.66. The number of hydrogen-bond acceptors (Lipinski definition) is 4. The molecule has 2 rings (SSSR count). The summed E-state index contributed by atoms with van der Waals surface area (Å²) in [6.45, 7) is 4.12. The third kappa shape index (κ3) is 3.78. The fourth-order valence-electron chi connectivity index (χ4n) is 1.82. The first kappa shape index (κ1) is 15.4. The molecule has 0 fully saturated rings. The molecule has 1 amide bonds. The lowest BCUT2D eigenvalue weighted by Gasteiger charge is -2.04. The van der Waals surface area contributed by atoms with E-state index in [-0.39, 0.29) is 11.3 Å². The summed E-state index contributed by atoms with van der Waals surface area (Å²) in [4.78, 5) is 22.0. The molecular formula is C15H16N4O3. The zero-order valence-electron chi connectivity index (χ0n) is 12.3. The molecule has 0 saturated heterocycles. The lowest BCUT2D eigenvalue weighted by molar-refractivity contribution is -0.384. The molecule has 0 saturated carbocycles. The first-order valence-electron chi connectivity index (χ1n) is 6.72. The van der Waals surface area contributed by atoms with Gasteiger partial charge in [-0.2, -0.15) is 5.10 Å². The number of carbonyl (C=O) groups excluding carboxylic acids is 1. The molecule has 7 nitrogen and oxygen atoms in total. The van der Waals surface area contributed by atoms with E-state index < -0.39 is 10.8 Å². The summed E-state index contributed by atoms with van der Waals surface area (Å²) in [6.07, 6.45) is 5.36. The van der Waals surface area contributed by atoms with Crippen molar-refractivity contribution in [1.29, 1.82) is 0 Å². The average Bonchev–Trinajstić information content (AvgIpc) is 2.96. The summed E-state index contributed by atoms with van der Waals surface area (Å²) in [5.41, 5.74) is 3.26. The Kier molecular flexibility index (Phi) is 4.67. The van der Waals surface area contributed by atoms with Crippen LogP contribution < -0.4 is 5.43 Å². The second-order valence-electron chi connectivity index (χ2n) is 4.99. The predicted molar refractivity (Wildman–Crippen MR) is 83.0 cm³/mol. The van der Waals surface area contributed by atoms with Crippen LogP contribution in [0.2, 0.25) is 0 Å². The Bertz CT molecular complexity index is 719. The fourth-order valence-corrected chi connectivity index (χ4v) is 1.82. The van der Waals surface area contributed by atoms with Crippen LogP contribution in [-0.2, 0) is 0 Å². The van der Waals surface area contributed by atoms with Crippen LogP contribution in [-0.4, -0.2) is 21.6 Å². The molecule has 7 heteroatoms. The van der Waals surface area contributed by atoms with Gasteiger partial charge >= 0.3 is 0 Å². The molecule has 0 atom stereocenters. The van der Waals surface area contributed by atoms with Crippen LogP contribution in [0, 0.1) is 10.1 Å². The standard InChI is InChI=1S/C15H16N4O3/c1-11(2)18-7-6-12(10-18)9-16-17-15(20)13-4-3-5-14(8-13)19(21)22/h3-11H,1-2H3,(H,17,20)/b16-9-. The van der Waals surface area contributed by atoms with Gasteiger partial charge < -0.3 is 4.57 Å². The number of nitro groups is 1. The molecular weight excluding hydrogens is 284 g/mol. The minimum Gasteiger partial charge on any atom is -0.351 e. The number of nitrogens with zero attached hydrogens (tertiary/aromatic N) is 3. The highest BCUT2D eigenvalue weighted by atomic mass is 16.6. The highest BCUT2D eigenvalue weighted by Gasteiger charge is 2.10. The van der Waals surface area contributed by atoms with Gasteiger partial charge in [-0.15, -0.1) is 0 Å². The molecule has 0 aliphatic rings. The van der Waals surface area contributed by atoms with Gasteiger partial charge in [-0.05, 0) is 26.0 Å². The number of carbonyl (C=O) groups is 1. The minimum absolute atomic E-state index is 0.134. The van der Waals surface area contributed by atoms with E-state index >= 15 is 0 Å². The number of benzene rings is 1. The topological polar surface area (TPSA) is 89.5 Å². The molecule has 0 unspecified atom stereocenters. The Morgan fingerprint density at radius 2 is 2.18 bits per heavy atom. The van der Waals surface area contributed by atoms with Crippen molar-refractivity contribution in [3.8, 4) is 0 Å². The molecule has 0 aliphatic heterocycles. The summed E-state index contributed by atoms with van der Waals surface area (Å²) in [5.74, 6) is -0.497. The minimum atomic E-state index is -0.547. The van der Waals surface area contributed by atoms with Crippen molar-refractivity contribution in [1.82, 2.24) is 9.99 Å².